The second-order valence-corrected chi connectivity index (χ2v) is 21.8. The lowest BCUT2D eigenvalue weighted by Crippen LogP contribution is -2.57. The molecule has 5 N–H and O–H groups in total. The number of phosphoric acid groups is 1. The van der Waals surface area contributed by atoms with Gasteiger partial charge < -0.3 is 44.5 Å². The van der Waals surface area contributed by atoms with Crippen molar-refractivity contribution < 1.29 is 33.6 Å². The lowest BCUT2D eigenvalue weighted by Gasteiger charge is -2.47. The largest absolute Gasteiger partial charge is 0.470 e. The molecule has 2 amide bonds. The first-order valence-electron chi connectivity index (χ1n) is 24.2. The van der Waals surface area contributed by atoms with Crippen LogP contribution in [-0.2, 0) is 45.9 Å². The number of piperidine rings is 1. The standard InChI is InChI=1S/C51H64N11O8P/c1-9-44(64)55-38-25-34(10-11-40(38)60-21-20-59(29-31(60)2)35-14-18-58(19-15-35)36-12-16-52-43(26-36)51(6,7)70-71(67,68)69)54-46-49(66)57(8)30-39(56-46)37-13-17-53-47(45(37)32(3)63)62-23-22-61-41(48(62)65)24-33-27-50(4,5)28-42(33)61/h9-13,16-17,24-26,30-32,35,63H,1,14-15,18-23,27-29H2,2-8H3,(H,54,56)(H,55,64)(H2,67,68,69)/t31-,32?/m0/s1. The Morgan fingerprint density at radius 1 is 1.00 bits per heavy atom. The molecule has 4 aliphatic rings. The van der Waals surface area contributed by atoms with Crippen molar-refractivity contribution in [1.82, 2.24) is 29.0 Å². The Labute approximate surface area is 413 Å². The highest BCUT2D eigenvalue weighted by Gasteiger charge is 2.39. The first-order chi connectivity index (χ1) is 33.6. The minimum Gasteiger partial charge on any atom is -0.389 e. The quantitative estimate of drug-likeness (QED) is 0.0648. The fraction of sp³-hybridized carbons (Fsp3) is 0.451. The van der Waals surface area contributed by atoms with Crippen LogP contribution in [0.4, 0.5) is 34.4 Å². The number of aryl methyl sites for hydroxylation is 1. The molecule has 2 fully saturated rings. The van der Waals surface area contributed by atoms with E-state index in [2.05, 4.69) is 67.2 Å². The highest BCUT2D eigenvalue weighted by molar-refractivity contribution is 7.46. The van der Waals surface area contributed by atoms with E-state index in [1.807, 2.05) is 30.3 Å². The number of nitrogens with zero attached hydrogens (tertiary/aromatic N) is 9. The summed E-state index contributed by atoms with van der Waals surface area (Å²) in [5.41, 5.74) is 6.07. The van der Waals surface area contributed by atoms with Gasteiger partial charge in [0, 0.05) is 112 Å². The van der Waals surface area contributed by atoms with Crippen LogP contribution in [0.2, 0.25) is 0 Å². The average molecular weight is 990 g/mol. The molecule has 71 heavy (non-hydrogen) atoms. The number of carbonyl (C=O) groups is 2. The van der Waals surface area contributed by atoms with Gasteiger partial charge in [-0.1, -0.05) is 20.4 Å². The third-order valence-electron chi connectivity index (χ3n) is 14.3. The summed E-state index contributed by atoms with van der Waals surface area (Å²) in [6.07, 6.45) is 8.70. The number of aliphatic hydroxyl groups is 1. The normalized spacial score (nSPS) is 19.1. The fourth-order valence-corrected chi connectivity index (χ4v) is 11.7. The van der Waals surface area contributed by atoms with E-state index in [1.54, 1.807) is 63.4 Å². The maximum Gasteiger partial charge on any atom is 0.470 e. The van der Waals surface area contributed by atoms with E-state index >= 15 is 0 Å². The first-order valence-corrected chi connectivity index (χ1v) is 25.7. The molecule has 0 saturated carbocycles. The Balaban J connectivity index is 0.909. The summed E-state index contributed by atoms with van der Waals surface area (Å²) in [5.74, 6) is -0.198. The number of rotatable bonds is 13. The number of anilines is 6. The Morgan fingerprint density at radius 2 is 1.75 bits per heavy atom. The van der Waals surface area contributed by atoms with E-state index in [0.717, 1.165) is 63.2 Å². The molecule has 0 bridgehead atoms. The van der Waals surface area contributed by atoms with Crippen LogP contribution < -0.4 is 30.9 Å². The highest BCUT2D eigenvalue weighted by Crippen LogP contribution is 2.46. The van der Waals surface area contributed by atoms with E-state index in [9.17, 15) is 33.8 Å². The molecule has 4 aromatic heterocycles. The monoisotopic (exact) mass is 989 g/mol. The topological polar surface area (TPSA) is 224 Å². The van der Waals surface area contributed by atoms with E-state index in [-0.39, 0.29) is 29.1 Å². The van der Waals surface area contributed by atoms with Gasteiger partial charge in [0.2, 0.25) is 5.91 Å². The van der Waals surface area contributed by atoms with Gasteiger partial charge >= 0.3 is 7.82 Å². The number of aliphatic hydroxyl groups excluding tert-OH is 1. The molecule has 0 radical (unpaired) electrons. The van der Waals surface area contributed by atoms with Crippen molar-refractivity contribution in [2.45, 2.75) is 97.6 Å². The first kappa shape index (κ1) is 49.8. The zero-order valence-electron chi connectivity index (χ0n) is 41.4. The molecule has 3 aliphatic heterocycles. The van der Waals surface area contributed by atoms with Crippen LogP contribution >= 0.6 is 7.82 Å². The van der Waals surface area contributed by atoms with E-state index in [1.165, 1.54) is 21.9 Å². The molecule has 1 aliphatic carbocycles. The number of fused-ring (bicyclic) bond motifs is 3. The maximum atomic E-state index is 14.2. The van der Waals surface area contributed by atoms with Crippen LogP contribution in [0.15, 0.2) is 78.5 Å². The highest BCUT2D eigenvalue weighted by atomic mass is 31.2. The SMILES string of the molecule is C=CC(=O)Nc1cc(Nc2nc(-c3ccnc(N4CCn5c(cc6c5CC(C)(C)C6)C4=O)c3C(C)O)cn(C)c2=O)ccc1N1CCN(C2CCN(c3ccnc(C(C)(C)OP(=O)(O)O)c3)CC2)C[C@@H]1C. The van der Waals surface area contributed by atoms with E-state index in [0.29, 0.717) is 71.1 Å². The van der Waals surface area contributed by atoms with Crippen LogP contribution in [0.1, 0.15) is 93.5 Å². The van der Waals surface area contributed by atoms with Gasteiger partial charge in [-0.2, -0.15) is 0 Å². The van der Waals surface area contributed by atoms with E-state index in [4.69, 9.17) is 9.51 Å². The van der Waals surface area contributed by atoms with Gasteiger partial charge in [0.15, 0.2) is 5.82 Å². The molecule has 20 heteroatoms. The Hall–Kier alpha value is -6.21. The van der Waals surface area contributed by atoms with Gasteiger partial charge in [-0.05, 0) is 113 Å². The van der Waals surface area contributed by atoms with Gasteiger partial charge in [-0.25, -0.2) is 14.5 Å². The molecule has 2 atom stereocenters. The van der Waals surface area contributed by atoms with Crippen molar-refractivity contribution in [2.75, 3.05) is 64.6 Å². The number of amides is 2. The van der Waals surface area contributed by atoms with Crippen LogP contribution in [0.5, 0.6) is 0 Å². The third kappa shape index (κ3) is 10.2. The number of pyridine rings is 2. The van der Waals surface area contributed by atoms with Crippen LogP contribution in [-0.4, -0.2) is 107 Å². The Kier molecular flexibility index (Phi) is 13.4. The van der Waals surface area contributed by atoms with Gasteiger partial charge in [0.1, 0.15) is 17.1 Å². The van der Waals surface area contributed by atoms with Gasteiger partial charge in [0.05, 0.1) is 28.9 Å². The summed E-state index contributed by atoms with van der Waals surface area (Å²) < 4.78 is 20.2. The van der Waals surface area contributed by atoms with Crippen molar-refractivity contribution >= 4 is 54.0 Å². The number of hydrogen-bond acceptors (Lipinski definition) is 13. The van der Waals surface area contributed by atoms with Crippen LogP contribution in [0.3, 0.4) is 0 Å². The number of nitrogens with one attached hydrogen (secondary N) is 2. The molecule has 376 valence electrons. The molecule has 5 aromatic rings. The Morgan fingerprint density at radius 3 is 2.45 bits per heavy atom. The summed E-state index contributed by atoms with van der Waals surface area (Å²) in [6, 6.07) is 13.5. The number of hydrogen-bond donors (Lipinski definition) is 5. The molecule has 19 nitrogen and oxygen atoms in total. The molecule has 7 heterocycles. The zero-order chi connectivity index (χ0) is 50.7. The van der Waals surface area contributed by atoms with Crippen molar-refractivity contribution in [3.8, 4) is 11.3 Å². The fourth-order valence-electron chi connectivity index (χ4n) is 11.0. The van der Waals surface area contributed by atoms with Gasteiger partial charge in [0.25, 0.3) is 11.5 Å². The predicted molar refractivity (Wildman–Crippen MR) is 273 cm³/mol. The number of phosphoric ester groups is 1. The molecule has 9 rings (SSSR count). The third-order valence-corrected chi connectivity index (χ3v) is 15.0. The minimum absolute atomic E-state index is 0.0214. The van der Waals surface area contributed by atoms with Crippen LogP contribution in [0, 0.1) is 5.41 Å². The molecule has 0 spiro atoms. The van der Waals surface area contributed by atoms with Crippen molar-refractivity contribution in [2.24, 2.45) is 12.5 Å². The number of piperazine rings is 1. The number of aromatic nitrogens is 5. The molecule has 1 aromatic carbocycles. The smallest absolute Gasteiger partial charge is 0.389 e. The molecular formula is C51H64N11O8P. The van der Waals surface area contributed by atoms with Crippen molar-refractivity contribution in [3.05, 3.63) is 112 Å². The maximum absolute atomic E-state index is 14.2. The second-order valence-electron chi connectivity index (χ2n) is 20.6. The lowest BCUT2D eigenvalue weighted by molar-refractivity contribution is -0.111. The summed E-state index contributed by atoms with van der Waals surface area (Å²) in [4.78, 5) is 82.2. The average Bonchev–Trinajstić information content (AvgIpc) is 3.81. The molecule has 1 unspecified atom stereocenters. The zero-order valence-corrected chi connectivity index (χ0v) is 42.3. The minimum atomic E-state index is -4.73. The summed E-state index contributed by atoms with van der Waals surface area (Å²) in [6.45, 7) is 20.0. The summed E-state index contributed by atoms with van der Waals surface area (Å²) >= 11 is 0. The van der Waals surface area contributed by atoms with Crippen LogP contribution in [0.25, 0.3) is 11.3 Å². The van der Waals surface area contributed by atoms with Crippen molar-refractivity contribution in [1.29, 1.82) is 0 Å². The molecule has 2 saturated heterocycles. The lowest BCUT2D eigenvalue weighted by atomic mass is 9.90. The second kappa shape index (κ2) is 19.1. The van der Waals surface area contributed by atoms with Gasteiger partial charge in [-0.3, -0.25) is 33.7 Å². The van der Waals surface area contributed by atoms with E-state index < -0.39 is 25.1 Å². The number of benzene rings is 1. The predicted octanol–water partition coefficient (Wildman–Crippen LogP) is 6.27. The Bertz CT molecular complexity index is 3010. The number of carbonyl (C=O) groups excluding carboxylic acids is 2. The van der Waals surface area contributed by atoms with Crippen molar-refractivity contribution in [3.63, 3.8) is 0 Å². The summed E-state index contributed by atoms with van der Waals surface area (Å²) in [5, 5.41) is 17.5. The molecular weight excluding hydrogens is 926 g/mol. The van der Waals surface area contributed by atoms with Gasteiger partial charge in [-0.15, -0.1) is 0 Å². The summed E-state index contributed by atoms with van der Waals surface area (Å²) in [7, 11) is -3.10.